The van der Waals surface area contributed by atoms with Gasteiger partial charge in [-0.3, -0.25) is 4.90 Å². The highest BCUT2D eigenvalue weighted by Gasteiger charge is 2.30. The van der Waals surface area contributed by atoms with Crippen molar-refractivity contribution in [1.82, 2.24) is 15.1 Å². The van der Waals surface area contributed by atoms with E-state index in [-0.39, 0.29) is 0 Å². The van der Waals surface area contributed by atoms with Gasteiger partial charge in [-0.05, 0) is 51.5 Å². The van der Waals surface area contributed by atoms with Crippen LogP contribution in [-0.4, -0.2) is 61.7 Å². The summed E-state index contributed by atoms with van der Waals surface area (Å²) in [5.41, 5.74) is 0. The topological polar surface area (TPSA) is 18.5 Å². The Labute approximate surface area is 126 Å². The molecular formula is C17H35N3. The molecule has 0 amide bonds. The monoisotopic (exact) mass is 281 g/mol. The van der Waals surface area contributed by atoms with E-state index in [1.165, 1.54) is 58.4 Å². The lowest BCUT2D eigenvalue weighted by atomic mass is 9.78. The van der Waals surface area contributed by atoms with E-state index < -0.39 is 0 Å². The van der Waals surface area contributed by atoms with Gasteiger partial charge >= 0.3 is 0 Å². The van der Waals surface area contributed by atoms with Gasteiger partial charge in [-0.2, -0.15) is 0 Å². The molecule has 3 nitrogen and oxygen atoms in total. The minimum atomic E-state index is 0.749. The maximum absolute atomic E-state index is 3.56. The Bertz CT molecular complexity index is 273. The molecule has 2 fully saturated rings. The first-order chi connectivity index (χ1) is 9.63. The van der Waals surface area contributed by atoms with Crippen molar-refractivity contribution >= 4 is 0 Å². The van der Waals surface area contributed by atoms with Crippen molar-refractivity contribution in [2.45, 2.75) is 58.5 Å². The van der Waals surface area contributed by atoms with Gasteiger partial charge in [0.25, 0.3) is 0 Å². The SMILES string of the molecule is CCC(C)N1CCN(CC2CC(C)CCC2NC)CC1. The van der Waals surface area contributed by atoms with E-state index in [1.807, 2.05) is 0 Å². The normalized spacial score (nSPS) is 35.1. The van der Waals surface area contributed by atoms with Crippen LogP contribution < -0.4 is 5.32 Å². The molecule has 1 saturated carbocycles. The lowest BCUT2D eigenvalue weighted by Gasteiger charge is -2.42. The summed E-state index contributed by atoms with van der Waals surface area (Å²) < 4.78 is 0. The van der Waals surface area contributed by atoms with E-state index in [4.69, 9.17) is 0 Å². The van der Waals surface area contributed by atoms with Gasteiger partial charge in [-0.15, -0.1) is 0 Å². The molecule has 2 aliphatic rings. The van der Waals surface area contributed by atoms with Crippen molar-refractivity contribution in [2.24, 2.45) is 11.8 Å². The maximum Gasteiger partial charge on any atom is 0.0113 e. The summed E-state index contributed by atoms with van der Waals surface area (Å²) >= 11 is 0. The second-order valence-electron chi connectivity index (χ2n) is 7.17. The van der Waals surface area contributed by atoms with Crippen molar-refractivity contribution in [3.05, 3.63) is 0 Å². The van der Waals surface area contributed by atoms with Crippen LogP contribution in [0.15, 0.2) is 0 Å². The first-order valence-corrected chi connectivity index (χ1v) is 8.77. The van der Waals surface area contributed by atoms with Gasteiger partial charge in [-0.1, -0.05) is 13.8 Å². The molecule has 0 radical (unpaired) electrons. The lowest BCUT2D eigenvalue weighted by molar-refractivity contribution is 0.0732. The smallest absolute Gasteiger partial charge is 0.0113 e. The van der Waals surface area contributed by atoms with Crippen LogP contribution in [0.4, 0.5) is 0 Å². The molecule has 4 atom stereocenters. The average molecular weight is 281 g/mol. The summed E-state index contributed by atoms with van der Waals surface area (Å²) in [5.74, 6) is 1.78. The van der Waals surface area contributed by atoms with Crippen molar-refractivity contribution in [3.63, 3.8) is 0 Å². The molecule has 1 aliphatic heterocycles. The quantitative estimate of drug-likeness (QED) is 0.835. The molecule has 0 bridgehead atoms. The Balaban J connectivity index is 1.79. The fourth-order valence-corrected chi connectivity index (χ4v) is 4.06. The molecule has 1 aliphatic carbocycles. The number of nitrogens with one attached hydrogen (secondary N) is 1. The van der Waals surface area contributed by atoms with Crippen LogP contribution in [0, 0.1) is 11.8 Å². The summed E-state index contributed by atoms with van der Waals surface area (Å²) in [7, 11) is 2.15. The Hall–Kier alpha value is -0.120. The summed E-state index contributed by atoms with van der Waals surface area (Å²) in [6.07, 6.45) is 5.47. The molecule has 0 aromatic heterocycles. The first-order valence-electron chi connectivity index (χ1n) is 8.77. The Kier molecular flexibility index (Phi) is 6.31. The largest absolute Gasteiger partial charge is 0.317 e. The minimum Gasteiger partial charge on any atom is -0.317 e. The maximum atomic E-state index is 3.56. The van der Waals surface area contributed by atoms with Gasteiger partial charge in [0.2, 0.25) is 0 Å². The number of hydrogen-bond acceptors (Lipinski definition) is 3. The van der Waals surface area contributed by atoms with Crippen LogP contribution in [0.1, 0.15) is 46.5 Å². The lowest BCUT2D eigenvalue weighted by Crippen LogP contribution is -2.52. The van der Waals surface area contributed by atoms with E-state index in [0.717, 1.165) is 23.9 Å². The van der Waals surface area contributed by atoms with Crippen LogP contribution in [0.25, 0.3) is 0 Å². The van der Waals surface area contributed by atoms with Crippen molar-refractivity contribution < 1.29 is 0 Å². The molecule has 3 heteroatoms. The number of nitrogens with zero attached hydrogens (tertiary/aromatic N) is 2. The van der Waals surface area contributed by atoms with E-state index in [1.54, 1.807) is 0 Å². The van der Waals surface area contributed by atoms with Gasteiger partial charge in [0, 0.05) is 44.8 Å². The van der Waals surface area contributed by atoms with Crippen molar-refractivity contribution in [3.8, 4) is 0 Å². The number of rotatable bonds is 5. The third-order valence-corrected chi connectivity index (χ3v) is 5.73. The van der Waals surface area contributed by atoms with Crippen LogP contribution in [-0.2, 0) is 0 Å². The van der Waals surface area contributed by atoms with Gasteiger partial charge < -0.3 is 10.2 Å². The molecule has 4 unspecified atom stereocenters. The Morgan fingerprint density at radius 2 is 1.85 bits per heavy atom. The minimum absolute atomic E-state index is 0.749. The molecule has 1 N–H and O–H groups in total. The summed E-state index contributed by atoms with van der Waals surface area (Å²) in [5, 5.41) is 3.56. The molecule has 0 spiro atoms. The fourth-order valence-electron chi connectivity index (χ4n) is 4.06. The number of piperazine rings is 1. The summed E-state index contributed by atoms with van der Waals surface area (Å²) in [6.45, 7) is 13.5. The number of hydrogen-bond donors (Lipinski definition) is 1. The van der Waals surface area contributed by atoms with Crippen molar-refractivity contribution in [2.75, 3.05) is 39.8 Å². The zero-order chi connectivity index (χ0) is 14.5. The van der Waals surface area contributed by atoms with E-state index in [9.17, 15) is 0 Å². The molecule has 0 aromatic carbocycles. The standard InChI is InChI=1S/C17H35N3/c1-5-15(3)20-10-8-19(9-11-20)13-16-12-14(2)6-7-17(16)18-4/h14-18H,5-13H2,1-4H3. The summed E-state index contributed by atoms with van der Waals surface area (Å²) in [4.78, 5) is 5.38. The zero-order valence-corrected chi connectivity index (χ0v) is 14.1. The highest BCUT2D eigenvalue weighted by atomic mass is 15.3. The predicted molar refractivity (Wildman–Crippen MR) is 87.1 cm³/mol. The highest BCUT2D eigenvalue weighted by molar-refractivity contribution is 4.86. The first kappa shape index (κ1) is 16.3. The molecule has 2 rings (SSSR count). The molecule has 118 valence electrons. The third-order valence-electron chi connectivity index (χ3n) is 5.73. The fraction of sp³-hybridized carbons (Fsp3) is 1.00. The molecule has 1 saturated heterocycles. The van der Waals surface area contributed by atoms with Crippen LogP contribution in [0.3, 0.4) is 0 Å². The van der Waals surface area contributed by atoms with Crippen LogP contribution in [0.2, 0.25) is 0 Å². The van der Waals surface area contributed by atoms with Gasteiger partial charge in [0.15, 0.2) is 0 Å². The zero-order valence-electron chi connectivity index (χ0n) is 14.1. The van der Waals surface area contributed by atoms with E-state index >= 15 is 0 Å². The van der Waals surface area contributed by atoms with Crippen LogP contribution in [0.5, 0.6) is 0 Å². The second kappa shape index (κ2) is 7.77. The molecule has 0 aromatic rings. The highest BCUT2D eigenvalue weighted by Crippen LogP contribution is 2.29. The predicted octanol–water partition coefficient (Wildman–Crippen LogP) is 2.43. The van der Waals surface area contributed by atoms with Gasteiger partial charge in [0.05, 0.1) is 0 Å². The average Bonchev–Trinajstić information content (AvgIpc) is 2.47. The van der Waals surface area contributed by atoms with Gasteiger partial charge in [0.1, 0.15) is 0 Å². The van der Waals surface area contributed by atoms with Crippen molar-refractivity contribution in [1.29, 1.82) is 0 Å². The molecular weight excluding hydrogens is 246 g/mol. The molecule has 1 heterocycles. The van der Waals surface area contributed by atoms with Crippen LogP contribution >= 0.6 is 0 Å². The Morgan fingerprint density at radius 1 is 1.15 bits per heavy atom. The summed E-state index contributed by atoms with van der Waals surface area (Å²) in [6, 6.07) is 1.51. The second-order valence-corrected chi connectivity index (χ2v) is 7.17. The third kappa shape index (κ3) is 4.19. The van der Waals surface area contributed by atoms with E-state index in [2.05, 4.69) is 42.9 Å². The van der Waals surface area contributed by atoms with Gasteiger partial charge in [-0.25, -0.2) is 0 Å². The van der Waals surface area contributed by atoms with E-state index in [0.29, 0.717) is 0 Å². The molecule has 20 heavy (non-hydrogen) atoms. The Morgan fingerprint density at radius 3 is 2.45 bits per heavy atom.